The van der Waals surface area contributed by atoms with Crippen LogP contribution in [-0.2, 0) is 6.42 Å². The van der Waals surface area contributed by atoms with Crippen molar-refractivity contribution < 1.29 is 0 Å². The van der Waals surface area contributed by atoms with Gasteiger partial charge in [-0.25, -0.2) is 0 Å². The standard InChI is InChI=1S/C11H16N2S/c1-11(2,3)7-9-6-8(10(12)14)4-5-13-9/h4-6H,7H2,1-3H3,(H2,12,14). The molecule has 0 unspecified atom stereocenters. The van der Waals surface area contributed by atoms with E-state index < -0.39 is 0 Å². The van der Waals surface area contributed by atoms with Gasteiger partial charge in [0.1, 0.15) is 4.99 Å². The summed E-state index contributed by atoms with van der Waals surface area (Å²) in [4.78, 5) is 4.72. The number of rotatable bonds is 2. The maximum atomic E-state index is 5.55. The molecule has 1 heterocycles. The number of thiocarbonyl (C=S) groups is 1. The van der Waals surface area contributed by atoms with Crippen LogP contribution in [0.5, 0.6) is 0 Å². The van der Waals surface area contributed by atoms with Gasteiger partial charge in [0.15, 0.2) is 0 Å². The van der Waals surface area contributed by atoms with Gasteiger partial charge < -0.3 is 5.73 Å². The molecular weight excluding hydrogens is 192 g/mol. The first-order valence-electron chi connectivity index (χ1n) is 4.63. The lowest BCUT2D eigenvalue weighted by molar-refractivity contribution is 0.406. The quantitative estimate of drug-likeness (QED) is 0.758. The third kappa shape index (κ3) is 3.42. The van der Waals surface area contributed by atoms with Gasteiger partial charge in [-0.05, 0) is 24.0 Å². The number of aromatic nitrogens is 1. The predicted octanol–water partition coefficient (Wildman–Crippen LogP) is 2.30. The Morgan fingerprint density at radius 3 is 2.64 bits per heavy atom. The van der Waals surface area contributed by atoms with Gasteiger partial charge in [-0.2, -0.15) is 0 Å². The molecule has 0 bridgehead atoms. The van der Waals surface area contributed by atoms with Crippen LogP contribution in [0.25, 0.3) is 0 Å². The van der Waals surface area contributed by atoms with Crippen molar-refractivity contribution in [3.05, 3.63) is 29.6 Å². The van der Waals surface area contributed by atoms with E-state index in [1.807, 2.05) is 12.1 Å². The van der Waals surface area contributed by atoms with Gasteiger partial charge in [0.2, 0.25) is 0 Å². The Labute approximate surface area is 90.5 Å². The number of pyridine rings is 1. The Bertz CT molecular complexity index is 339. The molecule has 0 fully saturated rings. The molecule has 1 rings (SSSR count). The molecule has 76 valence electrons. The zero-order valence-corrected chi connectivity index (χ0v) is 9.69. The Morgan fingerprint density at radius 2 is 2.14 bits per heavy atom. The number of hydrogen-bond donors (Lipinski definition) is 1. The van der Waals surface area contributed by atoms with Crippen LogP contribution in [0.4, 0.5) is 0 Å². The van der Waals surface area contributed by atoms with Gasteiger partial charge in [-0.1, -0.05) is 33.0 Å². The Kier molecular flexibility index (Phi) is 3.21. The van der Waals surface area contributed by atoms with Crippen LogP contribution in [0.2, 0.25) is 0 Å². The fourth-order valence-electron chi connectivity index (χ4n) is 1.27. The summed E-state index contributed by atoms with van der Waals surface area (Å²) in [5.41, 5.74) is 7.73. The van der Waals surface area contributed by atoms with Gasteiger partial charge in [-0.3, -0.25) is 4.98 Å². The summed E-state index contributed by atoms with van der Waals surface area (Å²) in [6.07, 6.45) is 2.69. The Balaban J connectivity index is 2.89. The largest absolute Gasteiger partial charge is 0.389 e. The van der Waals surface area contributed by atoms with Crippen molar-refractivity contribution in [3.63, 3.8) is 0 Å². The monoisotopic (exact) mass is 208 g/mol. The lowest BCUT2D eigenvalue weighted by Crippen LogP contribution is -2.13. The summed E-state index contributed by atoms with van der Waals surface area (Å²) in [6.45, 7) is 6.55. The molecule has 1 aromatic heterocycles. The minimum atomic E-state index is 0.238. The molecule has 0 atom stereocenters. The third-order valence-electron chi connectivity index (χ3n) is 1.81. The van der Waals surface area contributed by atoms with Gasteiger partial charge in [0.05, 0.1) is 0 Å². The van der Waals surface area contributed by atoms with Gasteiger partial charge in [0.25, 0.3) is 0 Å². The second-order valence-electron chi connectivity index (χ2n) is 4.64. The van der Waals surface area contributed by atoms with Gasteiger partial charge >= 0.3 is 0 Å². The summed E-state index contributed by atoms with van der Waals surface area (Å²) >= 11 is 4.91. The van der Waals surface area contributed by atoms with Gasteiger partial charge in [0, 0.05) is 17.5 Å². The van der Waals surface area contributed by atoms with Crippen LogP contribution in [0.3, 0.4) is 0 Å². The van der Waals surface area contributed by atoms with E-state index in [-0.39, 0.29) is 5.41 Å². The number of nitrogens with two attached hydrogens (primary N) is 1. The SMILES string of the molecule is CC(C)(C)Cc1cc(C(N)=S)ccn1. The minimum absolute atomic E-state index is 0.238. The van der Waals surface area contributed by atoms with Gasteiger partial charge in [-0.15, -0.1) is 0 Å². The van der Waals surface area contributed by atoms with E-state index in [4.69, 9.17) is 18.0 Å². The van der Waals surface area contributed by atoms with E-state index in [9.17, 15) is 0 Å². The second-order valence-corrected chi connectivity index (χ2v) is 5.08. The molecule has 0 amide bonds. The summed E-state index contributed by atoms with van der Waals surface area (Å²) in [5.74, 6) is 0. The third-order valence-corrected chi connectivity index (χ3v) is 2.05. The molecule has 0 saturated carbocycles. The van der Waals surface area contributed by atoms with E-state index in [1.165, 1.54) is 0 Å². The average Bonchev–Trinajstić information content (AvgIpc) is 2.01. The normalized spacial score (nSPS) is 11.4. The molecule has 0 aromatic carbocycles. The number of nitrogens with zero attached hydrogens (tertiary/aromatic N) is 1. The highest BCUT2D eigenvalue weighted by Crippen LogP contribution is 2.19. The first-order chi connectivity index (χ1) is 6.38. The molecule has 0 spiro atoms. The molecule has 0 aliphatic rings. The Hall–Kier alpha value is -0.960. The van der Waals surface area contributed by atoms with Crippen molar-refractivity contribution in [2.24, 2.45) is 11.1 Å². The van der Waals surface area contributed by atoms with E-state index in [0.29, 0.717) is 4.99 Å². The van der Waals surface area contributed by atoms with Crippen molar-refractivity contribution in [1.82, 2.24) is 4.98 Å². The van der Waals surface area contributed by atoms with Crippen molar-refractivity contribution in [3.8, 4) is 0 Å². The van der Waals surface area contributed by atoms with Crippen molar-refractivity contribution in [2.75, 3.05) is 0 Å². The predicted molar refractivity (Wildman–Crippen MR) is 63.3 cm³/mol. The second kappa shape index (κ2) is 4.05. The van der Waals surface area contributed by atoms with Crippen molar-refractivity contribution >= 4 is 17.2 Å². The molecule has 0 aliphatic heterocycles. The lowest BCUT2D eigenvalue weighted by atomic mass is 9.90. The molecule has 0 radical (unpaired) electrons. The number of hydrogen-bond acceptors (Lipinski definition) is 2. The summed E-state index contributed by atoms with van der Waals surface area (Å²) in [6, 6.07) is 3.81. The molecule has 2 N–H and O–H groups in total. The molecule has 0 saturated heterocycles. The molecule has 1 aromatic rings. The van der Waals surface area contributed by atoms with E-state index in [1.54, 1.807) is 6.20 Å². The maximum absolute atomic E-state index is 5.55. The summed E-state index contributed by atoms with van der Waals surface area (Å²) in [5, 5.41) is 0. The summed E-state index contributed by atoms with van der Waals surface area (Å²) in [7, 11) is 0. The minimum Gasteiger partial charge on any atom is -0.389 e. The van der Waals surface area contributed by atoms with Crippen LogP contribution >= 0.6 is 12.2 Å². The molecule has 14 heavy (non-hydrogen) atoms. The highest BCUT2D eigenvalue weighted by Gasteiger charge is 2.12. The fourth-order valence-corrected chi connectivity index (χ4v) is 1.40. The lowest BCUT2D eigenvalue weighted by Gasteiger charge is -2.17. The van der Waals surface area contributed by atoms with Crippen LogP contribution in [0.15, 0.2) is 18.3 Å². The zero-order chi connectivity index (χ0) is 10.8. The molecule has 0 aliphatic carbocycles. The summed E-state index contributed by atoms with van der Waals surface area (Å²) < 4.78 is 0. The first-order valence-corrected chi connectivity index (χ1v) is 5.04. The van der Waals surface area contributed by atoms with Crippen LogP contribution in [0.1, 0.15) is 32.0 Å². The zero-order valence-electron chi connectivity index (χ0n) is 8.87. The average molecular weight is 208 g/mol. The van der Waals surface area contributed by atoms with Crippen molar-refractivity contribution in [1.29, 1.82) is 0 Å². The highest BCUT2D eigenvalue weighted by molar-refractivity contribution is 7.80. The first kappa shape index (κ1) is 11.1. The van der Waals surface area contributed by atoms with Crippen LogP contribution < -0.4 is 5.73 Å². The highest BCUT2D eigenvalue weighted by atomic mass is 32.1. The molecule has 2 nitrogen and oxygen atoms in total. The molecular formula is C11H16N2S. The van der Waals surface area contributed by atoms with E-state index >= 15 is 0 Å². The van der Waals surface area contributed by atoms with Crippen molar-refractivity contribution in [2.45, 2.75) is 27.2 Å². The Morgan fingerprint density at radius 1 is 1.50 bits per heavy atom. The molecule has 3 heteroatoms. The maximum Gasteiger partial charge on any atom is 0.104 e. The van der Waals surface area contributed by atoms with E-state index in [2.05, 4.69) is 25.8 Å². The van der Waals surface area contributed by atoms with Crippen LogP contribution in [0, 0.1) is 5.41 Å². The van der Waals surface area contributed by atoms with E-state index in [0.717, 1.165) is 17.7 Å². The smallest absolute Gasteiger partial charge is 0.104 e. The topological polar surface area (TPSA) is 38.9 Å². The fraction of sp³-hybridized carbons (Fsp3) is 0.455. The van der Waals surface area contributed by atoms with Crippen LogP contribution in [-0.4, -0.2) is 9.97 Å².